The molecule has 0 atom stereocenters. The molecule has 0 aliphatic rings. The summed E-state index contributed by atoms with van der Waals surface area (Å²) in [5.74, 6) is 0.508. The van der Waals surface area contributed by atoms with Crippen LogP contribution in [-0.4, -0.2) is 25.7 Å². The van der Waals surface area contributed by atoms with Crippen molar-refractivity contribution in [3.63, 3.8) is 0 Å². The van der Waals surface area contributed by atoms with Gasteiger partial charge in [-0.15, -0.1) is 11.3 Å². The summed E-state index contributed by atoms with van der Waals surface area (Å²) >= 11 is 13.6. The van der Waals surface area contributed by atoms with E-state index in [0.29, 0.717) is 35.5 Å². The van der Waals surface area contributed by atoms with Gasteiger partial charge in [0.15, 0.2) is 0 Å². The van der Waals surface area contributed by atoms with Gasteiger partial charge < -0.3 is 15.4 Å². The van der Waals surface area contributed by atoms with E-state index in [4.69, 9.17) is 27.9 Å². The van der Waals surface area contributed by atoms with Crippen molar-refractivity contribution < 1.29 is 9.53 Å². The predicted octanol–water partition coefficient (Wildman–Crippen LogP) is 3.98. The Morgan fingerprint density at radius 2 is 1.95 bits per heavy atom. The molecule has 1 heterocycles. The Morgan fingerprint density at radius 3 is 2.73 bits per heavy atom. The molecule has 2 aromatic rings. The fraction of sp³-hybridized carbons (Fsp3) is 0.267. The van der Waals surface area contributed by atoms with Crippen LogP contribution in [0.4, 0.5) is 4.79 Å². The smallest absolute Gasteiger partial charge is 0.314 e. The van der Waals surface area contributed by atoms with Crippen molar-refractivity contribution in [2.24, 2.45) is 0 Å². The lowest BCUT2D eigenvalue weighted by Crippen LogP contribution is -2.38. The zero-order valence-corrected chi connectivity index (χ0v) is 14.1. The Balaban J connectivity index is 1.60. The number of thiophene rings is 1. The average Bonchev–Trinajstić information content (AvgIpc) is 3.01. The molecule has 2 rings (SSSR count). The minimum Gasteiger partial charge on any atom is -0.490 e. The second kappa shape index (κ2) is 8.88. The highest BCUT2D eigenvalue weighted by Gasteiger charge is 2.05. The van der Waals surface area contributed by atoms with E-state index in [1.807, 2.05) is 17.5 Å². The minimum atomic E-state index is -0.211. The molecule has 0 saturated heterocycles. The summed E-state index contributed by atoms with van der Waals surface area (Å²) in [6.07, 6.45) is 0.833. The Hall–Kier alpha value is -1.43. The summed E-state index contributed by atoms with van der Waals surface area (Å²) in [7, 11) is 0. The van der Waals surface area contributed by atoms with Crippen molar-refractivity contribution in [2.45, 2.75) is 6.42 Å². The number of carbonyl (C=O) groups excluding carboxylic acids is 1. The van der Waals surface area contributed by atoms with Gasteiger partial charge in [0.25, 0.3) is 0 Å². The number of ether oxygens (including phenoxy) is 1. The van der Waals surface area contributed by atoms with Crippen molar-refractivity contribution in [1.82, 2.24) is 10.6 Å². The maximum atomic E-state index is 11.6. The molecule has 7 heteroatoms. The van der Waals surface area contributed by atoms with Crippen molar-refractivity contribution in [3.05, 3.63) is 50.6 Å². The van der Waals surface area contributed by atoms with Gasteiger partial charge in [0, 0.05) is 11.4 Å². The highest BCUT2D eigenvalue weighted by atomic mass is 35.5. The molecule has 0 saturated carbocycles. The summed E-state index contributed by atoms with van der Waals surface area (Å²) in [6.45, 7) is 1.30. The molecule has 0 unspecified atom stereocenters. The summed E-state index contributed by atoms with van der Waals surface area (Å²) in [5.41, 5.74) is 0. The van der Waals surface area contributed by atoms with Gasteiger partial charge in [-0.05, 0) is 30.0 Å². The standard InChI is InChI=1S/C15H16Cl2N2O2S/c16-12-4-1-5-13(14(12)17)21-9-8-19-15(20)18-7-6-11-3-2-10-22-11/h1-5,10H,6-9H2,(H2,18,19,20). The third-order valence-electron chi connectivity index (χ3n) is 2.80. The lowest BCUT2D eigenvalue weighted by Gasteiger charge is -2.10. The number of rotatable bonds is 7. The number of amides is 2. The van der Waals surface area contributed by atoms with Gasteiger partial charge >= 0.3 is 6.03 Å². The molecule has 0 aliphatic carbocycles. The largest absolute Gasteiger partial charge is 0.490 e. The Morgan fingerprint density at radius 1 is 1.14 bits per heavy atom. The number of halogens is 2. The van der Waals surface area contributed by atoms with Crippen LogP contribution in [0.2, 0.25) is 10.0 Å². The van der Waals surface area contributed by atoms with E-state index in [-0.39, 0.29) is 6.03 Å². The zero-order valence-electron chi connectivity index (χ0n) is 11.8. The number of hydrogen-bond donors (Lipinski definition) is 2. The van der Waals surface area contributed by atoms with Gasteiger partial charge in [-0.3, -0.25) is 0 Å². The van der Waals surface area contributed by atoms with E-state index in [2.05, 4.69) is 10.6 Å². The summed E-state index contributed by atoms with van der Waals surface area (Å²) in [6, 6.07) is 9.02. The predicted molar refractivity (Wildman–Crippen MR) is 91.4 cm³/mol. The number of nitrogens with one attached hydrogen (secondary N) is 2. The van der Waals surface area contributed by atoms with E-state index < -0.39 is 0 Å². The highest BCUT2D eigenvalue weighted by Crippen LogP contribution is 2.31. The van der Waals surface area contributed by atoms with E-state index in [9.17, 15) is 4.79 Å². The maximum absolute atomic E-state index is 11.6. The van der Waals surface area contributed by atoms with Gasteiger partial charge in [-0.25, -0.2) is 4.79 Å². The fourth-order valence-corrected chi connectivity index (χ4v) is 2.79. The molecular formula is C15H16Cl2N2O2S. The third-order valence-corrected chi connectivity index (χ3v) is 4.54. The lowest BCUT2D eigenvalue weighted by atomic mass is 10.3. The molecule has 0 radical (unpaired) electrons. The number of hydrogen-bond acceptors (Lipinski definition) is 3. The first-order valence-electron chi connectivity index (χ1n) is 6.77. The van der Waals surface area contributed by atoms with Crippen LogP contribution < -0.4 is 15.4 Å². The minimum absolute atomic E-state index is 0.211. The van der Waals surface area contributed by atoms with Crippen LogP contribution in [-0.2, 0) is 6.42 Å². The van der Waals surface area contributed by atoms with Crippen LogP contribution in [0.25, 0.3) is 0 Å². The highest BCUT2D eigenvalue weighted by molar-refractivity contribution is 7.09. The number of urea groups is 1. The monoisotopic (exact) mass is 358 g/mol. The first-order valence-corrected chi connectivity index (χ1v) is 8.41. The Kier molecular flexibility index (Phi) is 6.83. The van der Waals surface area contributed by atoms with Crippen LogP contribution >= 0.6 is 34.5 Å². The Labute approximate surface area is 143 Å². The molecule has 0 aliphatic heterocycles. The topological polar surface area (TPSA) is 50.4 Å². The van der Waals surface area contributed by atoms with Crippen molar-refractivity contribution >= 4 is 40.6 Å². The van der Waals surface area contributed by atoms with Crippen LogP contribution in [0.3, 0.4) is 0 Å². The van der Waals surface area contributed by atoms with Gasteiger partial charge in [-0.1, -0.05) is 35.3 Å². The molecule has 22 heavy (non-hydrogen) atoms. The first kappa shape index (κ1) is 16.9. The van der Waals surface area contributed by atoms with Crippen molar-refractivity contribution in [1.29, 1.82) is 0 Å². The quantitative estimate of drug-likeness (QED) is 0.735. The number of benzene rings is 1. The van der Waals surface area contributed by atoms with Crippen molar-refractivity contribution in [3.8, 4) is 5.75 Å². The van der Waals surface area contributed by atoms with Gasteiger partial charge in [-0.2, -0.15) is 0 Å². The maximum Gasteiger partial charge on any atom is 0.314 e. The van der Waals surface area contributed by atoms with Crippen LogP contribution in [0.1, 0.15) is 4.88 Å². The summed E-state index contributed by atoms with van der Waals surface area (Å²) in [4.78, 5) is 12.8. The average molecular weight is 359 g/mol. The molecule has 0 spiro atoms. The first-order chi connectivity index (χ1) is 10.7. The van der Waals surface area contributed by atoms with E-state index >= 15 is 0 Å². The summed E-state index contributed by atoms with van der Waals surface area (Å²) in [5, 5.41) is 8.36. The second-order valence-corrected chi connectivity index (χ2v) is 6.23. The molecule has 2 amide bonds. The zero-order chi connectivity index (χ0) is 15.8. The van der Waals surface area contributed by atoms with Crippen LogP contribution in [0.5, 0.6) is 5.75 Å². The van der Waals surface area contributed by atoms with E-state index in [1.165, 1.54) is 4.88 Å². The van der Waals surface area contributed by atoms with Gasteiger partial charge in [0.05, 0.1) is 11.6 Å². The SMILES string of the molecule is O=C(NCCOc1cccc(Cl)c1Cl)NCCc1cccs1. The van der Waals surface area contributed by atoms with Crippen LogP contribution in [0.15, 0.2) is 35.7 Å². The lowest BCUT2D eigenvalue weighted by molar-refractivity contribution is 0.236. The van der Waals surface area contributed by atoms with Crippen molar-refractivity contribution in [2.75, 3.05) is 19.7 Å². The molecule has 1 aromatic carbocycles. The van der Waals surface area contributed by atoms with E-state index in [1.54, 1.807) is 29.5 Å². The molecular weight excluding hydrogens is 343 g/mol. The molecule has 2 N–H and O–H groups in total. The van der Waals surface area contributed by atoms with Gasteiger partial charge in [0.2, 0.25) is 0 Å². The number of carbonyl (C=O) groups is 1. The van der Waals surface area contributed by atoms with Crippen LogP contribution in [0, 0.1) is 0 Å². The summed E-state index contributed by atoms with van der Waals surface area (Å²) < 4.78 is 5.47. The third kappa shape index (κ3) is 5.40. The fourth-order valence-electron chi connectivity index (χ4n) is 1.74. The molecule has 118 valence electrons. The van der Waals surface area contributed by atoms with E-state index in [0.717, 1.165) is 6.42 Å². The molecule has 0 fully saturated rings. The molecule has 0 bridgehead atoms. The molecule has 4 nitrogen and oxygen atoms in total. The Bertz CT molecular complexity index is 606. The molecule has 1 aromatic heterocycles. The van der Waals surface area contributed by atoms with Gasteiger partial charge in [0.1, 0.15) is 17.4 Å². The second-order valence-electron chi connectivity index (χ2n) is 4.41. The normalized spacial score (nSPS) is 10.3.